The second kappa shape index (κ2) is 10.8. The largest absolute Gasteiger partial charge is 0.370 e. The van der Waals surface area contributed by atoms with Crippen LogP contribution in [0.1, 0.15) is 40.5 Å². The van der Waals surface area contributed by atoms with Crippen LogP contribution in [0.5, 0.6) is 0 Å². The fourth-order valence-corrected chi connectivity index (χ4v) is 5.59. The molecule has 6 nitrogen and oxygen atoms in total. The van der Waals surface area contributed by atoms with Crippen molar-refractivity contribution in [2.75, 3.05) is 53.3 Å². The second-order valence-corrected chi connectivity index (χ2v) is 10.8. The molecule has 2 aromatic heterocycles. The lowest BCUT2D eigenvalue weighted by Gasteiger charge is -2.41. The maximum atomic E-state index is 4.78. The molecule has 0 saturated carbocycles. The summed E-state index contributed by atoms with van der Waals surface area (Å²) in [5.41, 5.74) is 1.59. The fourth-order valence-electron chi connectivity index (χ4n) is 4.90. The Kier molecular flexibility index (Phi) is 7.81. The molecule has 4 heterocycles. The van der Waals surface area contributed by atoms with Crippen LogP contribution < -0.4 is 15.1 Å². The smallest absolute Gasteiger partial charge is 0.227 e. The van der Waals surface area contributed by atoms with Crippen molar-refractivity contribution in [2.24, 2.45) is 11.3 Å². The Hall–Kier alpha value is -2.54. The van der Waals surface area contributed by atoms with E-state index in [1.807, 2.05) is 44.1 Å². The van der Waals surface area contributed by atoms with E-state index in [0.717, 1.165) is 49.7 Å². The summed E-state index contributed by atoms with van der Waals surface area (Å²) in [5.74, 6) is 4.42. The summed E-state index contributed by atoms with van der Waals surface area (Å²) in [5, 5.41) is 5.79. The predicted octanol–water partition coefficient (Wildman–Crippen LogP) is 6.22. The van der Waals surface area contributed by atoms with Crippen molar-refractivity contribution in [1.82, 2.24) is 15.0 Å². The Morgan fingerprint density at radius 3 is 2.68 bits per heavy atom. The molecule has 34 heavy (non-hydrogen) atoms. The van der Waals surface area contributed by atoms with Gasteiger partial charge in [0.15, 0.2) is 0 Å². The van der Waals surface area contributed by atoms with Gasteiger partial charge >= 0.3 is 0 Å². The van der Waals surface area contributed by atoms with Gasteiger partial charge in [0.05, 0.1) is 0 Å². The number of pyridine rings is 1. The zero-order valence-corrected chi connectivity index (χ0v) is 22.0. The second-order valence-electron chi connectivity index (χ2n) is 9.85. The van der Waals surface area contributed by atoms with E-state index in [1.54, 1.807) is 0 Å². The Balaban J connectivity index is 0.00000133. The van der Waals surface area contributed by atoms with Crippen molar-refractivity contribution in [3.05, 3.63) is 42.7 Å². The molecule has 0 aliphatic carbocycles. The zero-order chi connectivity index (χ0) is 24.1. The highest BCUT2D eigenvalue weighted by molar-refractivity contribution is 7.98. The fraction of sp³-hybridized carbons (Fsp3) is 0.519. The van der Waals surface area contributed by atoms with Gasteiger partial charge in [-0.3, -0.25) is 0 Å². The van der Waals surface area contributed by atoms with E-state index in [2.05, 4.69) is 64.5 Å². The van der Waals surface area contributed by atoms with E-state index < -0.39 is 0 Å². The maximum Gasteiger partial charge on any atom is 0.227 e. The van der Waals surface area contributed by atoms with E-state index in [-0.39, 0.29) is 0 Å². The quantitative estimate of drug-likeness (QED) is 0.451. The normalized spacial score (nSPS) is 17.7. The minimum atomic E-state index is 0.300. The van der Waals surface area contributed by atoms with Gasteiger partial charge in [-0.2, -0.15) is 16.7 Å². The van der Waals surface area contributed by atoms with Gasteiger partial charge in [0, 0.05) is 55.6 Å². The summed E-state index contributed by atoms with van der Waals surface area (Å²) in [6.45, 7) is 12.9. The first kappa shape index (κ1) is 24.6. The van der Waals surface area contributed by atoms with E-state index in [9.17, 15) is 0 Å². The van der Waals surface area contributed by atoms with Crippen LogP contribution in [0.2, 0.25) is 0 Å². The molecule has 1 aromatic carbocycles. The zero-order valence-electron chi connectivity index (χ0n) is 21.2. The van der Waals surface area contributed by atoms with Crippen molar-refractivity contribution in [2.45, 2.75) is 40.5 Å². The number of thioether (sulfide) groups is 1. The van der Waals surface area contributed by atoms with Crippen LogP contribution >= 0.6 is 11.8 Å². The molecule has 0 amide bonds. The molecule has 182 valence electrons. The van der Waals surface area contributed by atoms with Crippen LogP contribution in [0.4, 0.5) is 23.3 Å². The first-order chi connectivity index (χ1) is 16.5. The molecule has 5 rings (SSSR count). The van der Waals surface area contributed by atoms with Gasteiger partial charge in [-0.05, 0) is 53.9 Å². The minimum absolute atomic E-state index is 0.300. The van der Waals surface area contributed by atoms with Crippen LogP contribution in [0.25, 0.3) is 10.8 Å². The lowest BCUT2D eigenvalue weighted by Crippen LogP contribution is -2.48. The van der Waals surface area contributed by atoms with Crippen LogP contribution in [-0.2, 0) is 0 Å². The number of hydrogen-bond donors (Lipinski definition) is 1. The van der Waals surface area contributed by atoms with E-state index in [1.165, 1.54) is 35.1 Å². The van der Waals surface area contributed by atoms with Gasteiger partial charge in [-0.25, -0.2) is 9.97 Å². The van der Waals surface area contributed by atoms with Crippen LogP contribution in [0, 0.1) is 11.3 Å². The first-order valence-electron chi connectivity index (χ1n) is 12.5. The summed E-state index contributed by atoms with van der Waals surface area (Å²) >= 11 is 1.94. The number of benzene rings is 1. The first-order valence-corrected chi connectivity index (χ1v) is 13.9. The van der Waals surface area contributed by atoms with Gasteiger partial charge in [-0.15, -0.1) is 0 Å². The van der Waals surface area contributed by atoms with Gasteiger partial charge in [0.25, 0.3) is 0 Å². The third-order valence-electron chi connectivity index (χ3n) is 6.52. The summed E-state index contributed by atoms with van der Waals surface area (Å²) in [6.07, 6.45) is 8.44. The molecule has 2 saturated heterocycles. The Morgan fingerprint density at radius 1 is 1.09 bits per heavy atom. The maximum absolute atomic E-state index is 4.78. The van der Waals surface area contributed by atoms with Gasteiger partial charge in [-0.1, -0.05) is 39.8 Å². The molecule has 0 radical (unpaired) electrons. The van der Waals surface area contributed by atoms with Crippen molar-refractivity contribution >= 4 is 45.8 Å². The SMILES string of the molecule is CC.CSCC1CN(c2cccc3cc(Nc4ccnc(N5CCCC(C)(C)C5)n4)ncc23)C1. The lowest BCUT2D eigenvalue weighted by atomic mass is 9.84. The molecule has 7 heteroatoms. The molecular formula is C27H38N6S. The lowest BCUT2D eigenvalue weighted by molar-refractivity contribution is 0.291. The molecule has 2 aliphatic rings. The van der Waals surface area contributed by atoms with E-state index in [0.29, 0.717) is 5.41 Å². The highest BCUT2D eigenvalue weighted by Crippen LogP contribution is 2.34. The van der Waals surface area contributed by atoms with Crippen molar-refractivity contribution in [3.8, 4) is 0 Å². The number of hydrogen-bond acceptors (Lipinski definition) is 7. The summed E-state index contributed by atoms with van der Waals surface area (Å²) < 4.78 is 0. The number of nitrogens with one attached hydrogen (secondary N) is 1. The van der Waals surface area contributed by atoms with Crippen molar-refractivity contribution < 1.29 is 0 Å². The molecule has 0 atom stereocenters. The molecule has 1 N–H and O–H groups in total. The minimum Gasteiger partial charge on any atom is -0.370 e. The topological polar surface area (TPSA) is 57.2 Å². The Labute approximate surface area is 208 Å². The number of rotatable bonds is 6. The molecule has 2 fully saturated rings. The number of fused-ring (bicyclic) bond motifs is 1. The highest BCUT2D eigenvalue weighted by atomic mass is 32.2. The predicted molar refractivity (Wildman–Crippen MR) is 148 cm³/mol. The average Bonchev–Trinajstić information content (AvgIpc) is 2.82. The molecular weight excluding hydrogens is 440 g/mol. The summed E-state index contributed by atoms with van der Waals surface area (Å²) in [6, 6.07) is 10.5. The van der Waals surface area contributed by atoms with Gasteiger partial charge in [0.2, 0.25) is 5.95 Å². The standard InChI is InChI=1S/C25H32N6S.C2H6/c1-25(2)9-5-11-30(17-25)24-26-10-8-22(29-24)28-23-12-19-6-4-7-21(20(19)13-27-23)31-14-18(15-31)16-32-3;1-2/h4,6-8,10,12-13,18H,5,9,11,14-17H2,1-3H3,(H,26,27,28,29);1-2H3. The number of anilines is 4. The third kappa shape index (κ3) is 5.57. The average molecular weight is 479 g/mol. The van der Waals surface area contributed by atoms with Crippen LogP contribution in [-0.4, -0.2) is 53.1 Å². The molecule has 2 aliphatic heterocycles. The third-order valence-corrected chi connectivity index (χ3v) is 7.33. The Morgan fingerprint density at radius 2 is 1.91 bits per heavy atom. The summed E-state index contributed by atoms with van der Waals surface area (Å²) in [7, 11) is 0. The van der Waals surface area contributed by atoms with Crippen molar-refractivity contribution in [1.29, 1.82) is 0 Å². The molecule has 0 spiro atoms. The molecule has 3 aromatic rings. The molecule has 0 bridgehead atoms. The summed E-state index contributed by atoms with van der Waals surface area (Å²) in [4.78, 5) is 18.8. The van der Waals surface area contributed by atoms with Crippen LogP contribution in [0.15, 0.2) is 42.7 Å². The highest BCUT2D eigenvalue weighted by Gasteiger charge is 2.28. The number of nitrogens with zero attached hydrogens (tertiary/aromatic N) is 5. The monoisotopic (exact) mass is 478 g/mol. The van der Waals surface area contributed by atoms with E-state index >= 15 is 0 Å². The Bertz CT molecular complexity index is 1100. The number of aromatic nitrogens is 3. The van der Waals surface area contributed by atoms with E-state index in [4.69, 9.17) is 9.97 Å². The van der Waals surface area contributed by atoms with Gasteiger partial charge < -0.3 is 15.1 Å². The van der Waals surface area contributed by atoms with Crippen molar-refractivity contribution in [3.63, 3.8) is 0 Å². The van der Waals surface area contributed by atoms with Gasteiger partial charge in [0.1, 0.15) is 11.6 Å². The van der Waals surface area contributed by atoms with Crippen LogP contribution in [0.3, 0.4) is 0 Å². The number of piperidine rings is 1. The molecule has 0 unspecified atom stereocenters.